The van der Waals surface area contributed by atoms with Crippen molar-refractivity contribution < 1.29 is 9.53 Å². The zero-order valence-corrected chi connectivity index (χ0v) is 16.8. The molecule has 0 spiro atoms. The van der Waals surface area contributed by atoms with Crippen LogP contribution in [0.15, 0.2) is 115 Å². The largest absolute Gasteiger partial charge is 0.495 e. The fourth-order valence-corrected chi connectivity index (χ4v) is 3.92. The molecule has 0 radical (unpaired) electrons. The first-order valence-corrected chi connectivity index (χ1v) is 9.88. The number of hydrogen-bond acceptors (Lipinski definition) is 2. The third kappa shape index (κ3) is 3.46. The summed E-state index contributed by atoms with van der Waals surface area (Å²) in [5.74, 6) is 0.476. The molecule has 0 aliphatic carbocycles. The van der Waals surface area contributed by atoms with Gasteiger partial charge in [-0.25, -0.2) is 0 Å². The predicted molar refractivity (Wildman–Crippen MR) is 121 cm³/mol. The Balaban J connectivity index is 1.96. The molecule has 1 N–H and O–H groups in total. The first-order valence-electron chi connectivity index (χ1n) is 9.88. The van der Waals surface area contributed by atoms with Crippen molar-refractivity contribution in [3.8, 4) is 5.75 Å². The number of rotatable bonds is 6. The zero-order valence-electron chi connectivity index (χ0n) is 16.8. The van der Waals surface area contributed by atoms with Gasteiger partial charge in [-0.1, -0.05) is 103 Å². The van der Waals surface area contributed by atoms with Gasteiger partial charge in [0.1, 0.15) is 11.2 Å². The minimum Gasteiger partial charge on any atom is -0.495 e. The number of methoxy groups -OCH3 is 1. The number of ether oxygens (including phenoxy) is 1. The predicted octanol–water partition coefficient (Wildman–Crippen LogP) is 5.67. The summed E-state index contributed by atoms with van der Waals surface area (Å²) < 4.78 is 5.46. The first kappa shape index (κ1) is 19.5. The summed E-state index contributed by atoms with van der Waals surface area (Å²) >= 11 is 0. The second-order valence-electron chi connectivity index (χ2n) is 7.00. The van der Waals surface area contributed by atoms with Crippen LogP contribution in [-0.4, -0.2) is 13.0 Å². The number of carbonyl (C=O) groups is 1. The zero-order chi connectivity index (χ0) is 20.8. The van der Waals surface area contributed by atoms with Crippen molar-refractivity contribution in [2.45, 2.75) is 5.41 Å². The number of para-hydroxylation sites is 2. The van der Waals surface area contributed by atoms with E-state index in [0.717, 1.165) is 16.7 Å². The molecule has 0 heterocycles. The lowest BCUT2D eigenvalue weighted by Gasteiger charge is -2.34. The second-order valence-corrected chi connectivity index (χ2v) is 7.00. The summed E-state index contributed by atoms with van der Waals surface area (Å²) in [5, 5.41) is 3.13. The summed E-state index contributed by atoms with van der Waals surface area (Å²) in [6.07, 6.45) is 0. The highest BCUT2D eigenvalue weighted by Gasteiger charge is 2.44. The van der Waals surface area contributed by atoms with Crippen LogP contribution >= 0.6 is 0 Å². The van der Waals surface area contributed by atoms with Crippen LogP contribution in [0.2, 0.25) is 0 Å². The summed E-state index contributed by atoms with van der Waals surface area (Å²) in [7, 11) is 1.60. The minimum absolute atomic E-state index is 0.143. The molecule has 0 fully saturated rings. The van der Waals surface area contributed by atoms with E-state index >= 15 is 0 Å². The maximum atomic E-state index is 14.1. The van der Waals surface area contributed by atoms with Crippen LogP contribution < -0.4 is 10.1 Å². The van der Waals surface area contributed by atoms with Gasteiger partial charge < -0.3 is 10.1 Å². The molecule has 0 atom stereocenters. The van der Waals surface area contributed by atoms with Gasteiger partial charge in [0.25, 0.3) is 0 Å². The average molecular weight is 393 g/mol. The highest BCUT2D eigenvalue weighted by atomic mass is 16.5. The summed E-state index contributed by atoms with van der Waals surface area (Å²) in [6.45, 7) is 0. The van der Waals surface area contributed by atoms with Crippen molar-refractivity contribution >= 4 is 11.6 Å². The van der Waals surface area contributed by atoms with Crippen molar-refractivity contribution in [2.24, 2.45) is 0 Å². The summed E-state index contributed by atoms with van der Waals surface area (Å²) in [4.78, 5) is 14.1. The van der Waals surface area contributed by atoms with Gasteiger partial charge in [0.15, 0.2) is 0 Å². The van der Waals surface area contributed by atoms with Crippen LogP contribution in [0.1, 0.15) is 16.7 Å². The third-order valence-corrected chi connectivity index (χ3v) is 5.32. The maximum Gasteiger partial charge on any atom is 0.244 e. The molecule has 0 aliphatic heterocycles. The van der Waals surface area contributed by atoms with Crippen molar-refractivity contribution in [3.05, 3.63) is 132 Å². The van der Waals surface area contributed by atoms with Gasteiger partial charge in [-0.3, -0.25) is 4.79 Å². The molecule has 148 valence electrons. The Labute approximate surface area is 177 Å². The van der Waals surface area contributed by atoms with Gasteiger partial charge in [-0.15, -0.1) is 0 Å². The molecule has 3 nitrogen and oxygen atoms in total. The normalized spacial score (nSPS) is 11.0. The van der Waals surface area contributed by atoms with Crippen LogP contribution in [0.5, 0.6) is 5.75 Å². The Morgan fingerprint density at radius 1 is 0.633 bits per heavy atom. The minimum atomic E-state index is -1.02. The van der Waals surface area contributed by atoms with Crippen molar-refractivity contribution in [1.82, 2.24) is 0 Å². The molecule has 1 amide bonds. The lowest BCUT2D eigenvalue weighted by Crippen LogP contribution is -2.42. The Bertz CT molecular complexity index is 1010. The Hall–Kier alpha value is -3.85. The molecular formula is C27H23NO2. The number of carbonyl (C=O) groups excluding carboxylic acids is 1. The van der Waals surface area contributed by atoms with Crippen LogP contribution in [0.25, 0.3) is 0 Å². The van der Waals surface area contributed by atoms with Crippen molar-refractivity contribution in [2.75, 3.05) is 12.4 Å². The molecule has 0 unspecified atom stereocenters. The molecule has 4 aromatic carbocycles. The number of amides is 1. The molecule has 0 saturated heterocycles. The van der Waals surface area contributed by atoms with Gasteiger partial charge in [0, 0.05) is 0 Å². The molecule has 4 rings (SSSR count). The van der Waals surface area contributed by atoms with E-state index < -0.39 is 5.41 Å². The highest BCUT2D eigenvalue weighted by molar-refractivity contribution is 6.05. The standard InChI is InChI=1S/C27H23NO2/c1-30-25-20-12-11-19-24(25)28-26(29)27(21-13-5-2-6-14-21,22-15-7-3-8-16-22)23-17-9-4-10-18-23/h2-20H,1H3,(H,28,29). The van der Waals surface area contributed by atoms with Gasteiger partial charge in [-0.2, -0.15) is 0 Å². The lowest BCUT2D eigenvalue weighted by molar-refractivity contribution is -0.119. The second kappa shape index (κ2) is 8.66. The molecular weight excluding hydrogens is 370 g/mol. The fraction of sp³-hybridized carbons (Fsp3) is 0.0741. The Kier molecular flexibility index (Phi) is 5.62. The van der Waals surface area contributed by atoms with E-state index in [0.29, 0.717) is 11.4 Å². The van der Waals surface area contributed by atoms with E-state index in [2.05, 4.69) is 5.32 Å². The maximum absolute atomic E-state index is 14.1. The number of anilines is 1. The molecule has 0 aliphatic rings. The van der Waals surface area contributed by atoms with E-state index in [1.54, 1.807) is 7.11 Å². The first-order chi connectivity index (χ1) is 14.8. The molecule has 0 aromatic heterocycles. The van der Waals surface area contributed by atoms with E-state index in [1.807, 2.05) is 115 Å². The van der Waals surface area contributed by atoms with Crippen molar-refractivity contribution in [3.63, 3.8) is 0 Å². The van der Waals surface area contributed by atoms with Crippen LogP contribution in [-0.2, 0) is 10.2 Å². The average Bonchev–Trinajstić information content (AvgIpc) is 2.82. The van der Waals surface area contributed by atoms with E-state index in [-0.39, 0.29) is 5.91 Å². The SMILES string of the molecule is COc1ccccc1NC(=O)C(c1ccccc1)(c1ccccc1)c1ccccc1. The third-order valence-electron chi connectivity index (χ3n) is 5.32. The van der Waals surface area contributed by atoms with E-state index in [9.17, 15) is 4.79 Å². The van der Waals surface area contributed by atoms with Crippen LogP contribution in [0, 0.1) is 0 Å². The lowest BCUT2D eigenvalue weighted by atomic mass is 9.68. The number of hydrogen-bond donors (Lipinski definition) is 1. The van der Waals surface area contributed by atoms with E-state index in [4.69, 9.17) is 4.74 Å². The topological polar surface area (TPSA) is 38.3 Å². The molecule has 0 bridgehead atoms. The van der Waals surface area contributed by atoms with Gasteiger partial charge in [0.2, 0.25) is 5.91 Å². The summed E-state index contributed by atoms with van der Waals surface area (Å²) in [6, 6.07) is 37.1. The Morgan fingerprint density at radius 2 is 1.03 bits per heavy atom. The van der Waals surface area contributed by atoms with Crippen molar-refractivity contribution in [1.29, 1.82) is 0 Å². The molecule has 3 heteroatoms. The van der Waals surface area contributed by atoms with Crippen LogP contribution in [0.3, 0.4) is 0 Å². The fourth-order valence-electron chi connectivity index (χ4n) is 3.92. The monoisotopic (exact) mass is 393 g/mol. The summed E-state index contributed by atoms with van der Waals surface area (Å²) in [5.41, 5.74) is 2.31. The van der Waals surface area contributed by atoms with Gasteiger partial charge in [0.05, 0.1) is 12.8 Å². The molecule has 30 heavy (non-hydrogen) atoms. The number of benzene rings is 4. The smallest absolute Gasteiger partial charge is 0.244 e. The molecule has 0 saturated carbocycles. The van der Waals surface area contributed by atoms with Gasteiger partial charge >= 0.3 is 0 Å². The number of nitrogens with one attached hydrogen (secondary N) is 1. The Morgan fingerprint density at radius 3 is 1.47 bits per heavy atom. The van der Waals surface area contributed by atoms with Gasteiger partial charge in [-0.05, 0) is 28.8 Å². The molecule has 4 aromatic rings. The van der Waals surface area contributed by atoms with E-state index in [1.165, 1.54) is 0 Å². The quantitative estimate of drug-likeness (QED) is 0.429. The van der Waals surface area contributed by atoms with Crippen LogP contribution in [0.4, 0.5) is 5.69 Å². The highest BCUT2D eigenvalue weighted by Crippen LogP contribution is 2.41.